The van der Waals surface area contributed by atoms with Crippen molar-refractivity contribution in [2.24, 2.45) is 5.41 Å². The van der Waals surface area contributed by atoms with Crippen molar-refractivity contribution in [3.63, 3.8) is 0 Å². The Balaban J connectivity index is 0.00000196. The van der Waals surface area contributed by atoms with Crippen LogP contribution in [0.4, 0.5) is 13.2 Å². The fraction of sp³-hybridized carbons (Fsp3) is 0.500. The molecule has 156 valence electrons. The Kier molecular flexibility index (Phi) is 8.21. The van der Waals surface area contributed by atoms with Crippen molar-refractivity contribution in [1.82, 2.24) is 30.6 Å². The number of hydrogen-bond acceptors (Lipinski definition) is 5. The summed E-state index contributed by atoms with van der Waals surface area (Å²) in [5.41, 5.74) is -0.731. The van der Waals surface area contributed by atoms with Gasteiger partial charge in [0.2, 0.25) is 0 Å². The summed E-state index contributed by atoms with van der Waals surface area (Å²) in [6.45, 7) is 4.49. The summed E-state index contributed by atoms with van der Waals surface area (Å²) in [6.07, 6.45) is -0.459. The molecule has 0 aliphatic carbocycles. The summed E-state index contributed by atoms with van der Waals surface area (Å²) in [7, 11) is 0. The smallest absolute Gasteiger partial charge is 0.350 e. The lowest BCUT2D eigenvalue weighted by molar-refractivity contribution is -0.137. The molecule has 7 nitrogen and oxygen atoms in total. The monoisotopic (exact) mass is 440 g/mol. The minimum absolute atomic E-state index is 0. The molecule has 2 N–H and O–H groups in total. The number of pyridine rings is 1. The molecule has 3 rings (SSSR count). The van der Waals surface area contributed by atoms with Crippen molar-refractivity contribution in [3.8, 4) is 5.82 Å². The normalized spacial score (nSPS) is 15.9. The Morgan fingerprint density at radius 3 is 2.54 bits per heavy atom. The van der Waals surface area contributed by atoms with Gasteiger partial charge in [0.25, 0.3) is 5.91 Å². The largest absolute Gasteiger partial charge is 0.417 e. The summed E-state index contributed by atoms with van der Waals surface area (Å²) in [6, 6.07) is 2.08. The molecular formula is C16H21Cl2F3N6O. The van der Waals surface area contributed by atoms with Crippen LogP contribution in [0.25, 0.3) is 5.82 Å². The maximum absolute atomic E-state index is 12.6. The fourth-order valence-electron chi connectivity index (χ4n) is 2.76. The van der Waals surface area contributed by atoms with Crippen LogP contribution in [0.15, 0.2) is 24.5 Å². The maximum Gasteiger partial charge on any atom is 0.417 e. The van der Waals surface area contributed by atoms with Gasteiger partial charge in [0.15, 0.2) is 11.5 Å². The van der Waals surface area contributed by atoms with Gasteiger partial charge < -0.3 is 10.6 Å². The lowest BCUT2D eigenvalue weighted by atomic mass is 9.81. The highest BCUT2D eigenvalue weighted by Crippen LogP contribution is 2.29. The summed E-state index contributed by atoms with van der Waals surface area (Å²) in [5.74, 6) is -0.224. The van der Waals surface area contributed by atoms with E-state index >= 15 is 0 Å². The predicted octanol–water partition coefficient (Wildman–Crippen LogP) is 2.64. The van der Waals surface area contributed by atoms with E-state index in [1.807, 2.05) is 0 Å². The molecule has 1 aliphatic heterocycles. The molecule has 12 heteroatoms. The lowest BCUT2D eigenvalue weighted by Gasteiger charge is -2.33. The van der Waals surface area contributed by atoms with Crippen molar-refractivity contribution < 1.29 is 18.0 Å². The molecule has 0 bridgehead atoms. The van der Waals surface area contributed by atoms with Crippen LogP contribution in [0.5, 0.6) is 0 Å². The standard InChI is InChI=1S/C16H19F3N6O.2ClH/c1-15(4-6-20-7-5-15)10-22-14(26)12-9-25(24-23-12)13-3-2-11(8-21-13)16(17,18)19;;/h2-3,8-9,20H,4-7,10H2,1H3,(H,22,26);2*1H. The van der Waals surface area contributed by atoms with E-state index in [0.29, 0.717) is 12.7 Å². The van der Waals surface area contributed by atoms with Gasteiger partial charge in [0.1, 0.15) is 0 Å². The number of alkyl halides is 3. The van der Waals surface area contributed by atoms with Gasteiger partial charge in [-0.1, -0.05) is 12.1 Å². The molecule has 0 unspecified atom stereocenters. The van der Waals surface area contributed by atoms with E-state index in [1.54, 1.807) is 0 Å². The minimum atomic E-state index is -4.45. The summed E-state index contributed by atoms with van der Waals surface area (Å²) < 4.78 is 38.9. The lowest BCUT2D eigenvalue weighted by Crippen LogP contribution is -2.43. The number of nitrogens with one attached hydrogen (secondary N) is 2. The highest BCUT2D eigenvalue weighted by molar-refractivity contribution is 5.91. The molecule has 0 atom stereocenters. The Bertz CT molecular complexity index is 775. The molecule has 1 saturated heterocycles. The van der Waals surface area contributed by atoms with Crippen LogP contribution < -0.4 is 10.6 Å². The van der Waals surface area contributed by atoms with Gasteiger partial charge in [-0.25, -0.2) is 9.67 Å². The highest BCUT2D eigenvalue weighted by atomic mass is 35.5. The number of amides is 1. The Labute approximate surface area is 172 Å². The number of rotatable bonds is 4. The second-order valence-corrected chi connectivity index (χ2v) is 6.69. The van der Waals surface area contributed by atoms with Gasteiger partial charge in [-0.2, -0.15) is 13.2 Å². The first-order valence-electron chi connectivity index (χ1n) is 8.22. The van der Waals surface area contributed by atoms with E-state index in [9.17, 15) is 18.0 Å². The van der Waals surface area contributed by atoms with E-state index in [-0.39, 0.29) is 47.6 Å². The molecule has 1 amide bonds. The van der Waals surface area contributed by atoms with Crippen molar-refractivity contribution in [1.29, 1.82) is 0 Å². The van der Waals surface area contributed by atoms with Gasteiger partial charge >= 0.3 is 6.18 Å². The van der Waals surface area contributed by atoms with Crippen LogP contribution in [0.2, 0.25) is 0 Å². The summed E-state index contributed by atoms with van der Waals surface area (Å²) in [4.78, 5) is 16.0. The number of piperidine rings is 1. The number of carbonyl (C=O) groups excluding carboxylic acids is 1. The van der Waals surface area contributed by atoms with Crippen LogP contribution in [-0.2, 0) is 6.18 Å². The molecule has 0 radical (unpaired) electrons. The Morgan fingerprint density at radius 2 is 1.96 bits per heavy atom. The zero-order chi connectivity index (χ0) is 18.8. The fourth-order valence-corrected chi connectivity index (χ4v) is 2.76. The van der Waals surface area contributed by atoms with E-state index in [4.69, 9.17) is 0 Å². The number of carbonyl (C=O) groups is 1. The topological polar surface area (TPSA) is 84.7 Å². The first kappa shape index (κ1) is 24.1. The van der Waals surface area contributed by atoms with Crippen molar-refractivity contribution in [2.45, 2.75) is 25.9 Å². The van der Waals surface area contributed by atoms with E-state index in [0.717, 1.165) is 32.0 Å². The van der Waals surface area contributed by atoms with Crippen LogP contribution in [0, 0.1) is 5.41 Å². The first-order valence-corrected chi connectivity index (χ1v) is 8.22. The van der Waals surface area contributed by atoms with Crippen molar-refractivity contribution in [3.05, 3.63) is 35.8 Å². The Hall–Kier alpha value is -1.91. The molecule has 0 saturated carbocycles. The molecule has 1 fully saturated rings. The van der Waals surface area contributed by atoms with Crippen LogP contribution in [0.3, 0.4) is 0 Å². The first-order chi connectivity index (χ1) is 12.3. The molecule has 2 aromatic heterocycles. The number of aromatic nitrogens is 4. The number of halogens is 5. The van der Waals surface area contributed by atoms with Crippen LogP contribution in [-0.4, -0.2) is 45.5 Å². The molecule has 28 heavy (non-hydrogen) atoms. The number of hydrogen-bond donors (Lipinski definition) is 2. The van der Waals surface area contributed by atoms with Crippen molar-refractivity contribution >= 4 is 30.7 Å². The van der Waals surface area contributed by atoms with Gasteiger partial charge in [0, 0.05) is 12.7 Å². The van der Waals surface area contributed by atoms with Gasteiger partial charge in [-0.3, -0.25) is 4.79 Å². The minimum Gasteiger partial charge on any atom is -0.350 e. The SMILES string of the molecule is CC1(CNC(=O)c2cn(-c3ccc(C(F)(F)F)cn3)nn2)CCNCC1.Cl.Cl. The van der Waals surface area contributed by atoms with Gasteiger partial charge in [0.05, 0.1) is 11.8 Å². The van der Waals surface area contributed by atoms with E-state index < -0.39 is 11.7 Å². The summed E-state index contributed by atoms with van der Waals surface area (Å²) in [5, 5.41) is 13.7. The molecule has 3 heterocycles. The summed E-state index contributed by atoms with van der Waals surface area (Å²) >= 11 is 0. The van der Waals surface area contributed by atoms with Gasteiger partial charge in [-0.15, -0.1) is 29.9 Å². The van der Waals surface area contributed by atoms with Crippen molar-refractivity contribution in [2.75, 3.05) is 19.6 Å². The zero-order valence-electron chi connectivity index (χ0n) is 15.0. The van der Waals surface area contributed by atoms with Crippen LogP contribution >= 0.6 is 24.8 Å². The molecule has 1 aliphatic rings. The average molecular weight is 441 g/mol. The van der Waals surface area contributed by atoms with Gasteiger partial charge in [-0.05, 0) is 43.5 Å². The molecular weight excluding hydrogens is 420 g/mol. The number of nitrogens with zero attached hydrogens (tertiary/aromatic N) is 4. The third-order valence-electron chi connectivity index (χ3n) is 4.52. The molecule has 0 aromatic carbocycles. The second kappa shape index (κ2) is 9.53. The zero-order valence-corrected chi connectivity index (χ0v) is 16.6. The average Bonchev–Trinajstić information content (AvgIpc) is 3.10. The second-order valence-electron chi connectivity index (χ2n) is 6.69. The molecule has 0 spiro atoms. The quantitative estimate of drug-likeness (QED) is 0.763. The highest BCUT2D eigenvalue weighted by Gasteiger charge is 2.31. The molecule has 2 aromatic rings. The third kappa shape index (κ3) is 5.79. The van der Waals surface area contributed by atoms with Crippen LogP contribution in [0.1, 0.15) is 35.8 Å². The van der Waals surface area contributed by atoms with E-state index in [1.165, 1.54) is 16.9 Å². The van der Waals surface area contributed by atoms with E-state index in [2.05, 4.69) is 32.9 Å². The Morgan fingerprint density at radius 1 is 1.29 bits per heavy atom. The maximum atomic E-state index is 12.6. The predicted molar refractivity (Wildman–Crippen MR) is 101 cm³/mol. The third-order valence-corrected chi connectivity index (χ3v) is 4.52.